The van der Waals surface area contributed by atoms with E-state index in [-0.39, 0.29) is 11.3 Å². The Balaban J connectivity index is 4.14. The summed E-state index contributed by atoms with van der Waals surface area (Å²) in [5.74, 6) is 0. The first-order chi connectivity index (χ1) is 3.81. The Bertz CT molecular complexity index is 95.7. The number of hydrogen-bond acceptors (Lipinski definition) is 0. The Morgan fingerprint density at radius 2 is 1.78 bits per heavy atom. The van der Waals surface area contributed by atoms with Crippen LogP contribution in [0.1, 0.15) is 20.8 Å². The van der Waals surface area contributed by atoms with Gasteiger partial charge in [0, 0.05) is 0 Å². The molecule has 3 heteroatoms. The zero-order valence-electron chi connectivity index (χ0n) is 6.46. The highest BCUT2D eigenvalue weighted by Gasteiger charge is 2.38. The maximum Gasteiger partial charge on any atom is 0.191 e. The molecule has 0 heterocycles. The first-order valence-electron chi connectivity index (χ1n) is 3.06. The van der Waals surface area contributed by atoms with Crippen molar-refractivity contribution in [2.24, 2.45) is 0 Å². The van der Waals surface area contributed by atoms with Crippen LogP contribution >= 0.6 is 11.1 Å². The molecule has 9 heavy (non-hydrogen) atoms. The molecule has 0 spiro atoms. The summed E-state index contributed by atoms with van der Waals surface area (Å²) in [6.07, 6.45) is -0.335. The number of alkyl halides is 1. The molecule has 0 amide bonds. The largest absolute Gasteiger partial charge is 0.253 e. The maximum atomic E-state index is 12.2. The molecule has 0 aromatic carbocycles. The van der Waals surface area contributed by atoms with Crippen molar-refractivity contribution >= 4 is 18.5 Å². The van der Waals surface area contributed by atoms with Gasteiger partial charge in [-0.15, -0.1) is 0 Å². The van der Waals surface area contributed by atoms with Crippen LogP contribution in [0.5, 0.6) is 0 Å². The van der Waals surface area contributed by atoms with Crippen molar-refractivity contribution in [2.45, 2.75) is 32.4 Å². The molecule has 1 unspecified atom stereocenters. The van der Waals surface area contributed by atoms with Crippen molar-refractivity contribution < 1.29 is 4.39 Å². The van der Waals surface area contributed by atoms with Gasteiger partial charge in [0.2, 0.25) is 0 Å². The first-order valence-corrected chi connectivity index (χ1v) is 6.78. The SMILES string of the molecule is CC(C)(C)[Si](C)(Cl)CF. The lowest BCUT2D eigenvalue weighted by molar-refractivity contribution is 0.564. The van der Waals surface area contributed by atoms with Crippen LogP contribution in [0.3, 0.4) is 0 Å². The molecular weight excluding hydrogens is 155 g/mol. The summed E-state index contributed by atoms with van der Waals surface area (Å²) >= 11 is 5.96. The standard InChI is InChI=1S/C6H14ClFSi/c1-6(2,3)9(4,7)5-8/h5H2,1-4H3. The molecule has 0 saturated heterocycles. The van der Waals surface area contributed by atoms with Crippen molar-refractivity contribution in [3.63, 3.8) is 0 Å². The third-order valence-corrected chi connectivity index (χ3v) is 7.45. The highest BCUT2D eigenvalue weighted by atomic mass is 35.6. The fraction of sp³-hybridized carbons (Fsp3) is 1.00. The van der Waals surface area contributed by atoms with Crippen LogP contribution in [0.25, 0.3) is 0 Å². The van der Waals surface area contributed by atoms with E-state index >= 15 is 0 Å². The number of hydrogen-bond donors (Lipinski definition) is 0. The van der Waals surface area contributed by atoms with Gasteiger partial charge in [-0.3, -0.25) is 4.39 Å². The van der Waals surface area contributed by atoms with E-state index in [1.165, 1.54) is 0 Å². The van der Waals surface area contributed by atoms with Crippen LogP contribution in [0.4, 0.5) is 4.39 Å². The van der Waals surface area contributed by atoms with Crippen LogP contribution in [0.15, 0.2) is 0 Å². The first kappa shape index (κ1) is 9.44. The van der Waals surface area contributed by atoms with E-state index in [9.17, 15) is 4.39 Å². The van der Waals surface area contributed by atoms with Crippen molar-refractivity contribution in [2.75, 3.05) is 6.30 Å². The Morgan fingerprint density at radius 3 is 1.78 bits per heavy atom. The van der Waals surface area contributed by atoms with E-state index in [2.05, 4.69) is 0 Å². The van der Waals surface area contributed by atoms with E-state index in [0.29, 0.717) is 0 Å². The van der Waals surface area contributed by atoms with Gasteiger partial charge in [0.05, 0.1) is 6.30 Å². The Morgan fingerprint density at radius 1 is 1.44 bits per heavy atom. The Hall–Kier alpha value is 0.437. The molecule has 0 N–H and O–H groups in total. The van der Waals surface area contributed by atoms with E-state index < -0.39 is 7.38 Å². The highest BCUT2D eigenvalue weighted by molar-refractivity contribution is 7.21. The van der Waals surface area contributed by atoms with E-state index in [0.717, 1.165) is 0 Å². The normalized spacial score (nSPS) is 19.3. The van der Waals surface area contributed by atoms with Crippen LogP contribution in [0, 0.1) is 0 Å². The minimum Gasteiger partial charge on any atom is -0.253 e. The van der Waals surface area contributed by atoms with Crippen molar-refractivity contribution in [1.29, 1.82) is 0 Å². The molecule has 0 rings (SSSR count). The van der Waals surface area contributed by atoms with E-state index in [4.69, 9.17) is 11.1 Å². The highest BCUT2D eigenvalue weighted by Crippen LogP contribution is 2.38. The van der Waals surface area contributed by atoms with Crippen LogP contribution in [-0.2, 0) is 0 Å². The fourth-order valence-corrected chi connectivity index (χ4v) is 0.601. The summed E-state index contributed by atoms with van der Waals surface area (Å²) in [5.41, 5.74) is 0. The molecule has 0 bridgehead atoms. The van der Waals surface area contributed by atoms with Crippen molar-refractivity contribution in [1.82, 2.24) is 0 Å². The lowest BCUT2D eigenvalue weighted by Crippen LogP contribution is -2.37. The fourth-order valence-electron chi connectivity index (χ4n) is 0.200. The van der Waals surface area contributed by atoms with Gasteiger partial charge in [-0.2, -0.15) is 11.1 Å². The quantitative estimate of drug-likeness (QED) is 0.417. The second-order valence-electron chi connectivity index (χ2n) is 3.58. The Kier molecular flexibility index (Phi) is 2.71. The average Bonchev–Trinajstić information content (AvgIpc) is 1.64. The minimum absolute atomic E-state index is 0.0245. The van der Waals surface area contributed by atoms with Gasteiger partial charge in [-0.1, -0.05) is 27.3 Å². The summed E-state index contributed by atoms with van der Waals surface area (Å²) in [4.78, 5) is 0. The third-order valence-electron chi connectivity index (χ3n) is 1.81. The van der Waals surface area contributed by atoms with E-state index in [1.807, 2.05) is 27.3 Å². The molecule has 1 atom stereocenters. The summed E-state index contributed by atoms with van der Waals surface area (Å²) in [7, 11) is -2.07. The number of rotatable bonds is 1. The predicted octanol–water partition coefficient (Wildman–Crippen LogP) is 3.11. The molecule has 0 aromatic heterocycles. The van der Waals surface area contributed by atoms with Crippen LogP contribution in [0.2, 0.25) is 11.6 Å². The van der Waals surface area contributed by atoms with Gasteiger partial charge in [0.1, 0.15) is 0 Å². The smallest absolute Gasteiger partial charge is 0.191 e. The van der Waals surface area contributed by atoms with Gasteiger partial charge < -0.3 is 0 Å². The van der Waals surface area contributed by atoms with Crippen molar-refractivity contribution in [3.05, 3.63) is 0 Å². The molecule has 0 fully saturated rings. The number of halogens is 2. The van der Waals surface area contributed by atoms with Gasteiger partial charge in [-0.25, -0.2) is 0 Å². The molecular formula is C6H14ClFSi. The lowest BCUT2D eigenvalue weighted by atomic mass is 10.2. The molecule has 0 nitrogen and oxygen atoms in total. The maximum absolute atomic E-state index is 12.2. The van der Waals surface area contributed by atoms with Gasteiger partial charge in [0.25, 0.3) is 0 Å². The van der Waals surface area contributed by atoms with Gasteiger partial charge in [-0.05, 0) is 5.04 Å². The zero-order chi connectivity index (χ0) is 7.71. The molecule has 0 aromatic rings. The molecule has 0 aliphatic carbocycles. The monoisotopic (exact) mass is 168 g/mol. The minimum atomic E-state index is -2.07. The molecule has 56 valence electrons. The topological polar surface area (TPSA) is 0 Å². The third kappa shape index (κ3) is 2.26. The lowest BCUT2D eigenvalue weighted by Gasteiger charge is -2.30. The molecule has 0 saturated carbocycles. The van der Waals surface area contributed by atoms with Crippen LogP contribution in [-0.4, -0.2) is 13.7 Å². The second kappa shape index (κ2) is 2.58. The summed E-state index contributed by atoms with van der Waals surface area (Å²) < 4.78 is 12.2. The Labute approximate surface area is 62.1 Å². The second-order valence-corrected chi connectivity index (χ2v) is 10.2. The van der Waals surface area contributed by atoms with Gasteiger partial charge in [0.15, 0.2) is 7.38 Å². The average molecular weight is 169 g/mol. The summed E-state index contributed by atoms with van der Waals surface area (Å²) in [6, 6.07) is 0. The molecule has 0 aliphatic heterocycles. The predicted molar refractivity (Wildman–Crippen MR) is 43.2 cm³/mol. The summed E-state index contributed by atoms with van der Waals surface area (Å²) in [6.45, 7) is 7.83. The molecule has 0 aliphatic rings. The van der Waals surface area contributed by atoms with Gasteiger partial charge >= 0.3 is 0 Å². The van der Waals surface area contributed by atoms with Crippen LogP contribution < -0.4 is 0 Å². The van der Waals surface area contributed by atoms with E-state index in [1.54, 1.807) is 0 Å². The molecule has 0 radical (unpaired) electrons. The summed E-state index contributed by atoms with van der Waals surface area (Å²) in [5, 5.41) is -0.0245. The van der Waals surface area contributed by atoms with Crippen molar-refractivity contribution in [3.8, 4) is 0 Å². The zero-order valence-corrected chi connectivity index (χ0v) is 8.22.